The van der Waals surface area contributed by atoms with E-state index in [4.69, 9.17) is 9.26 Å². The van der Waals surface area contributed by atoms with Crippen LogP contribution in [0.2, 0.25) is 0 Å². The fourth-order valence-electron chi connectivity index (χ4n) is 1.61. The van der Waals surface area contributed by atoms with Gasteiger partial charge < -0.3 is 14.6 Å². The first-order valence-electron chi connectivity index (χ1n) is 5.67. The Labute approximate surface area is 114 Å². The first-order chi connectivity index (χ1) is 8.69. The van der Waals surface area contributed by atoms with Crippen LogP contribution in [-0.2, 0) is 13.2 Å². The number of ether oxygens (including phenoxy) is 1. The fourth-order valence-corrected chi connectivity index (χ4v) is 2.15. The molecule has 4 nitrogen and oxygen atoms in total. The quantitative estimate of drug-likeness (QED) is 0.922. The van der Waals surface area contributed by atoms with Gasteiger partial charge in [0.2, 0.25) is 0 Å². The zero-order chi connectivity index (χ0) is 13.0. The van der Waals surface area contributed by atoms with Gasteiger partial charge in [-0.3, -0.25) is 0 Å². The van der Waals surface area contributed by atoms with E-state index in [1.54, 1.807) is 0 Å². The molecular formula is C13H15BrN2O2. The molecule has 0 aliphatic heterocycles. The van der Waals surface area contributed by atoms with E-state index in [1.165, 1.54) is 5.56 Å². The second-order valence-electron chi connectivity index (χ2n) is 4.02. The third kappa shape index (κ3) is 3.34. The third-order valence-corrected chi connectivity index (χ3v) is 3.04. The van der Waals surface area contributed by atoms with Crippen LogP contribution in [0, 0.1) is 6.92 Å². The van der Waals surface area contributed by atoms with Crippen molar-refractivity contribution in [1.82, 2.24) is 10.5 Å². The van der Waals surface area contributed by atoms with Crippen molar-refractivity contribution in [2.24, 2.45) is 0 Å². The molecule has 0 radical (unpaired) electrons. The van der Waals surface area contributed by atoms with Crippen molar-refractivity contribution in [1.29, 1.82) is 0 Å². The average molecular weight is 311 g/mol. The summed E-state index contributed by atoms with van der Waals surface area (Å²) in [5.74, 6) is 1.52. The summed E-state index contributed by atoms with van der Waals surface area (Å²) in [5, 5.41) is 6.92. The van der Waals surface area contributed by atoms with Gasteiger partial charge in [-0.15, -0.1) is 0 Å². The number of nitrogens with zero attached hydrogens (tertiary/aromatic N) is 1. The smallest absolute Gasteiger partial charge is 0.174 e. The third-order valence-electron chi connectivity index (χ3n) is 2.42. The summed E-state index contributed by atoms with van der Waals surface area (Å²) in [5.41, 5.74) is 2.06. The lowest BCUT2D eigenvalue weighted by molar-refractivity contribution is 0.247. The minimum atomic E-state index is 0.380. The summed E-state index contributed by atoms with van der Waals surface area (Å²) in [6.45, 7) is 3.10. The van der Waals surface area contributed by atoms with Crippen molar-refractivity contribution in [2.75, 3.05) is 7.05 Å². The maximum atomic E-state index is 5.67. The van der Waals surface area contributed by atoms with E-state index in [0.717, 1.165) is 28.2 Å². The molecule has 0 aliphatic carbocycles. The Hall–Kier alpha value is -1.33. The van der Waals surface area contributed by atoms with Gasteiger partial charge in [-0.25, -0.2) is 0 Å². The molecule has 0 saturated carbocycles. The summed E-state index contributed by atoms with van der Waals surface area (Å²) in [6, 6.07) is 7.88. The molecule has 0 saturated heterocycles. The standard InChI is InChI=1S/C13H15BrN2O2/c1-9-5-11(18-16-9)8-17-13-4-3-10(7-15-2)6-12(13)14/h3-6,15H,7-8H2,1-2H3. The van der Waals surface area contributed by atoms with Crippen LogP contribution in [0.5, 0.6) is 5.75 Å². The number of rotatable bonds is 5. The lowest BCUT2D eigenvalue weighted by Gasteiger charge is -2.08. The molecule has 0 spiro atoms. The Morgan fingerprint density at radius 1 is 1.39 bits per heavy atom. The summed E-state index contributed by atoms with van der Waals surface area (Å²) in [6.07, 6.45) is 0. The molecule has 0 unspecified atom stereocenters. The van der Waals surface area contributed by atoms with Crippen LogP contribution in [0.4, 0.5) is 0 Å². The van der Waals surface area contributed by atoms with Crippen molar-refractivity contribution < 1.29 is 9.26 Å². The topological polar surface area (TPSA) is 47.3 Å². The number of hydrogen-bond donors (Lipinski definition) is 1. The van der Waals surface area contributed by atoms with Crippen molar-refractivity contribution >= 4 is 15.9 Å². The van der Waals surface area contributed by atoms with Crippen molar-refractivity contribution in [3.05, 3.63) is 45.8 Å². The number of aromatic nitrogens is 1. The fraction of sp³-hybridized carbons (Fsp3) is 0.308. The van der Waals surface area contributed by atoms with Crippen molar-refractivity contribution in [3.8, 4) is 5.75 Å². The molecule has 1 aromatic heterocycles. The molecule has 0 atom stereocenters. The normalized spacial score (nSPS) is 10.6. The second kappa shape index (κ2) is 6.02. The van der Waals surface area contributed by atoms with Gasteiger partial charge in [0.05, 0.1) is 10.2 Å². The molecule has 0 aliphatic rings. The van der Waals surface area contributed by atoms with Crippen LogP contribution in [0.1, 0.15) is 17.0 Å². The molecule has 0 bridgehead atoms. The van der Waals surface area contributed by atoms with E-state index in [2.05, 4.69) is 26.4 Å². The molecular weight excluding hydrogens is 296 g/mol. The molecule has 2 aromatic rings. The predicted molar refractivity (Wildman–Crippen MR) is 72.5 cm³/mol. The molecule has 1 heterocycles. The lowest BCUT2D eigenvalue weighted by atomic mass is 10.2. The van der Waals surface area contributed by atoms with Crippen LogP contribution >= 0.6 is 15.9 Å². The minimum absolute atomic E-state index is 0.380. The van der Waals surface area contributed by atoms with E-state index in [0.29, 0.717) is 6.61 Å². The first-order valence-corrected chi connectivity index (χ1v) is 6.46. The van der Waals surface area contributed by atoms with Crippen LogP contribution in [-0.4, -0.2) is 12.2 Å². The molecule has 18 heavy (non-hydrogen) atoms. The molecule has 0 fully saturated rings. The summed E-state index contributed by atoms with van der Waals surface area (Å²) < 4.78 is 11.7. The SMILES string of the molecule is CNCc1ccc(OCc2cc(C)no2)c(Br)c1. The summed E-state index contributed by atoms with van der Waals surface area (Å²) >= 11 is 3.50. The van der Waals surface area contributed by atoms with Gasteiger partial charge >= 0.3 is 0 Å². The zero-order valence-corrected chi connectivity index (χ0v) is 12.0. The van der Waals surface area contributed by atoms with Gasteiger partial charge in [0.25, 0.3) is 0 Å². The van der Waals surface area contributed by atoms with Crippen LogP contribution in [0.3, 0.4) is 0 Å². The first kappa shape index (κ1) is 13.1. The molecule has 1 aromatic carbocycles. The van der Waals surface area contributed by atoms with Crippen LogP contribution in [0.15, 0.2) is 33.3 Å². The largest absolute Gasteiger partial charge is 0.484 e. The van der Waals surface area contributed by atoms with Crippen LogP contribution in [0.25, 0.3) is 0 Å². The van der Waals surface area contributed by atoms with Gasteiger partial charge in [-0.2, -0.15) is 0 Å². The van der Waals surface area contributed by atoms with Gasteiger partial charge in [-0.05, 0) is 47.6 Å². The molecule has 96 valence electrons. The minimum Gasteiger partial charge on any atom is -0.484 e. The predicted octanol–water partition coefficient (Wildman–Crippen LogP) is 3.04. The van der Waals surface area contributed by atoms with Gasteiger partial charge in [0.1, 0.15) is 12.4 Å². The van der Waals surface area contributed by atoms with Gasteiger partial charge in [0.15, 0.2) is 5.76 Å². The van der Waals surface area contributed by atoms with Crippen molar-refractivity contribution in [3.63, 3.8) is 0 Å². The number of hydrogen-bond acceptors (Lipinski definition) is 4. The Balaban J connectivity index is 2.01. The summed E-state index contributed by atoms with van der Waals surface area (Å²) in [4.78, 5) is 0. The highest BCUT2D eigenvalue weighted by Gasteiger charge is 2.05. The average Bonchev–Trinajstić information content (AvgIpc) is 2.74. The number of nitrogens with one attached hydrogen (secondary N) is 1. The van der Waals surface area contributed by atoms with Crippen molar-refractivity contribution in [2.45, 2.75) is 20.1 Å². The maximum absolute atomic E-state index is 5.67. The van der Waals surface area contributed by atoms with Gasteiger partial charge in [0, 0.05) is 12.6 Å². The number of benzene rings is 1. The molecule has 2 rings (SSSR count). The molecule has 5 heteroatoms. The Morgan fingerprint density at radius 2 is 2.22 bits per heavy atom. The molecule has 1 N–H and O–H groups in total. The highest BCUT2D eigenvalue weighted by Crippen LogP contribution is 2.26. The highest BCUT2D eigenvalue weighted by molar-refractivity contribution is 9.10. The highest BCUT2D eigenvalue weighted by atomic mass is 79.9. The Bertz CT molecular complexity index is 525. The van der Waals surface area contributed by atoms with E-state index >= 15 is 0 Å². The Kier molecular flexibility index (Phi) is 4.38. The van der Waals surface area contributed by atoms with Gasteiger partial charge in [-0.1, -0.05) is 11.2 Å². The second-order valence-corrected chi connectivity index (χ2v) is 4.87. The van der Waals surface area contributed by atoms with E-state index in [1.807, 2.05) is 38.2 Å². The maximum Gasteiger partial charge on any atom is 0.174 e. The monoisotopic (exact) mass is 310 g/mol. The Morgan fingerprint density at radius 3 is 2.83 bits per heavy atom. The van der Waals surface area contributed by atoms with E-state index < -0.39 is 0 Å². The van der Waals surface area contributed by atoms with Crippen LogP contribution < -0.4 is 10.1 Å². The zero-order valence-electron chi connectivity index (χ0n) is 10.4. The number of halogens is 1. The van der Waals surface area contributed by atoms with E-state index in [-0.39, 0.29) is 0 Å². The number of aryl methyl sites for hydroxylation is 1. The molecule has 0 amide bonds. The lowest BCUT2D eigenvalue weighted by Crippen LogP contribution is -2.05. The summed E-state index contributed by atoms with van der Waals surface area (Å²) in [7, 11) is 1.92. The van der Waals surface area contributed by atoms with E-state index in [9.17, 15) is 0 Å².